The van der Waals surface area contributed by atoms with E-state index in [-0.39, 0.29) is 0 Å². The number of hydrogen-bond acceptors (Lipinski definition) is 3. The van der Waals surface area contributed by atoms with Crippen LogP contribution < -0.4 is 0 Å². The fraction of sp³-hybridized carbons (Fsp3) is 0.583. The van der Waals surface area contributed by atoms with Crippen LogP contribution in [0.3, 0.4) is 0 Å². The Labute approximate surface area is 89.4 Å². The lowest BCUT2D eigenvalue weighted by atomic mass is 9.92. The first-order chi connectivity index (χ1) is 7.22. The molecule has 3 nitrogen and oxygen atoms in total. The van der Waals surface area contributed by atoms with E-state index in [4.69, 9.17) is 0 Å². The van der Waals surface area contributed by atoms with Gasteiger partial charge in [0.25, 0.3) is 0 Å². The van der Waals surface area contributed by atoms with Crippen LogP contribution in [0.1, 0.15) is 19.3 Å². The van der Waals surface area contributed by atoms with Gasteiger partial charge in [-0.3, -0.25) is 0 Å². The van der Waals surface area contributed by atoms with Gasteiger partial charge in [0.15, 0.2) is 6.10 Å². The molecule has 0 bridgehead atoms. The summed E-state index contributed by atoms with van der Waals surface area (Å²) in [7, 11) is 1.30. The molecular formula is C12H16O3. The molecule has 0 saturated carbocycles. The summed E-state index contributed by atoms with van der Waals surface area (Å²) < 4.78 is 4.50. The molecule has 0 amide bonds. The first-order valence-electron chi connectivity index (χ1n) is 5.34. The molecule has 0 aliphatic heterocycles. The van der Waals surface area contributed by atoms with E-state index >= 15 is 0 Å². The van der Waals surface area contributed by atoms with Crippen molar-refractivity contribution in [2.24, 2.45) is 11.8 Å². The van der Waals surface area contributed by atoms with Gasteiger partial charge in [-0.2, -0.15) is 0 Å². The summed E-state index contributed by atoms with van der Waals surface area (Å²) in [5.41, 5.74) is 1.19. The van der Waals surface area contributed by atoms with E-state index in [1.165, 1.54) is 12.7 Å². The predicted octanol–water partition coefficient (Wildman–Crippen LogP) is 1.43. The number of allylic oxidation sites excluding steroid dienone is 3. The van der Waals surface area contributed by atoms with Crippen molar-refractivity contribution >= 4 is 5.97 Å². The predicted molar refractivity (Wildman–Crippen MR) is 56.1 cm³/mol. The molecule has 0 fully saturated rings. The normalized spacial score (nSPS) is 29.9. The van der Waals surface area contributed by atoms with Crippen LogP contribution in [0.5, 0.6) is 0 Å². The van der Waals surface area contributed by atoms with Gasteiger partial charge in [-0.25, -0.2) is 4.79 Å². The van der Waals surface area contributed by atoms with E-state index in [2.05, 4.69) is 23.0 Å². The number of hydrogen-bond donors (Lipinski definition) is 1. The maximum Gasteiger partial charge on any atom is 0.335 e. The molecular weight excluding hydrogens is 192 g/mol. The van der Waals surface area contributed by atoms with Crippen LogP contribution in [0.25, 0.3) is 0 Å². The van der Waals surface area contributed by atoms with Crippen molar-refractivity contribution < 1.29 is 14.6 Å². The van der Waals surface area contributed by atoms with Crippen LogP contribution in [0.15, 0.2) is 23.8 Å². The topological polar surface area (TPSA) is 46.5 Å². The molecule has 15 heavy (non-hydrogen) atoms. The van der Waals surface area contributed by atoms with Crippen molar-refractivity contribution in [3.63, 3.8) is 0 Å². The molecule has 0 aromatic rings. The average Bonchev–Trinajstić information content (AvgIpc) is 2.81. The molecule has 3 atom stereocenters. The summed E-state index contributed by atoms with van der Waals surface area (Å²) in [5, 5.41) is 9.56. The molecule has 82 valence electrons. The highest BCUT2D eigenvalue weighted by molar-refractivity contribution is 5.74. The number of aliphatic hydroxyl groups excluding tert-OH is 1. The Morgan fingerprint density at radius 3 is 3.20 bits per heavy atom. The molecule has 0 radical (unpaired) electrons. The Bertz CT molecular complexity index is 317. The molecule has 0 unspecified atom stereocenters. The van der Waals surface area contributed by atoms with E-state index in [0.717, 1.165) is 12.8 Å². The molecule has 0 spiro atoms. The molecule has 0 aromatic heterocycles. The second-order valence-corrected chi connectivity index (χ2v) is 4.21. The number of rotatable bonds is 3. The standard InChI is InChI=1S/C12H16O3/c1-15-12(14)11(13)7-9-6-5-8-3-2-4-10(8)9/h2,4,6,8,10-11,13H,3,5,7H2,1H3/t8-,10-,11+/m0/s1. The van der Waals surface area contributed by atoms with E-state index in [1.807, 2.05) is 0 Å². The van der Waals surface area contributed by atoms with Crippen molar-refractivity contribution in [2.75, 3.05) is 7.11 Å². The van der Waals surface area contributed by atoms with Gasteiger partial charge in [0.1, 0.15) is 0 Å². The molecule has 2 aliphatic rings. The Kier molecular flexibility index (Phi) is 2.91. The highest BCUT2D eigenvalue weighted by atomic mass is 16.5. The molecule has 2 rings (SSSR count). The molecule has 2 aliphatic carbocycles. The number of carbonyl (C=O) groups is 1. The van der Waals surface area contributed by atoms with Gasteiger partial charge in [0, 0.05) is 12.3 Å². The number of carbonyl (C=O) groups excluding carboxylic acids is 1. The Morgan fingerprint density at radius 2 is 2.47 bits per heavy atom. The van der Waals surface area contributed by atoms with Crippen LogP contribution in [0.2, 0.25) is 0 Å². The van der Waals surface area contributed by atoms with Gasteiger partial charge < -0.3 is 9.84 Å². The fourth-order valence-electron chi connectivity index (χ4n) is 2.47. The molecule has 0 heterocycles. The van der Waals surface area contributed by atoms with Gasteiger partial charge in [0.05, 0.1) is 7.11 Å². The van der Waals surface area contributed by atoms with Crippen molar-refractivity contribution in [1.82, 2.24) is 0 Å². The zero-order valence-corrected chi connectivity index (χ0v) is 8.85. The SMILES string of the molecule is COC(=O)[C@H](O)CC1=CC[C@@H]2CC=C[C@H]12. The summed E-state index contributed by atoms with van der Waals surface area (Å²) in [5.74, 6) is 0.579. The van der Waals surface area contributed by atoms with Crippen LogP contribution in [-0.2, 0) is 9.53 Å². The smallest absolute Gasteiger partial charge is 0.335 e. The fourth-order valence-corrected chi connectivity index (χ4v) is 2.47. The van der Waals surface area contributed by atoms with Crippen molar-refractivity contribution in [2.45, 2.75) is 25.4 Å². The maximum atomic E-state index is 11.1. The largest absolute Gasteiger partial charge is 0.467 e. The lowest BCUT2D eigenvalue weighted by Gasteiger charge is -2.15. The first kappa shape index (κ1) is 10.4. The highest BCUT2D eigenvalue weighted by Crippen LogP contribution is 2.41. The molecule has 0 saturated heterocycles. The number of esters is 1. The van der Waals surface area contributed by atoms with Crippen molar-refractivity contribution in [1.29, 1.82) is 0 Å². The summed E-state index contributed by atoms with van der Waals surface area (Å²) in [6, 6.07) is 0. The maximum absolute atomic E-state index is 11.1. The lowest BCUT2D eigenvalue weighted by molar-refractivity contribution is -0.150. The summed E-state index contributed by atoms with van der Waals surface area (Å²) in [6.07, 6.45) is 8.14. The first-order valence-corrected chi connectivity index (χ1v) is 5.34. The van der Waals surface area contributed by atoms with Gasteiger partial charge in [0.2, 0.25) is 0 Å². The zero-order chi connectivity index (χ0) is 10.8. The third kappa shape index (κ3) is 1.97. The average molecular weight is 208 g/mol. The minimum atomic E-state index is -1.01. The van der Waals surface area contributed by atoms with E-state index < -0.39 is 12.1 Å². The Balaban J connectivity index is 1.95. The highest BCUT2D eigenvalue weighted by Gasteiger charge is 2.32. The lowest BCUT2D eigenvalue weighted by Crippen LogP contribution is -2.23. The van der Waals surface area contributed by atoms with Crippen LogP contribution >= 0.6 is 0 Å². The van der Waals surface area contributed by atoms with E-state index in [9.17, 15) is 9.90 Å². The van der Waals surface area contributed by atoms with Gasteiger partial charge in [-0.1, -0.05) is 23.8 Å². The summed E-state index contributed by atoms with van der Waals surface area (Å²) >= 11 is 0. The number of methoxy groups -OCH3 is 1. The minimum Gasteiger partial charge on any atom is -0.467 e. The Hall–Kier alpha value is -1.09. The second-order valence-electron chi connectivity index (χ2n) is 4.21. The van der Waals surface area contributed by atoms with Crippen molar-refractivity contribution in [3.05, 3.63) is 23.8 Å². The quantitative estimate of drug-likeness (QED) is 0.564. The van der Waals surface area contributed by atoms with Gasteiger partial charge in [-0.15, -0.1) is 0 Å². The third-order valence-electron chi connectivity index (χ3n) is 3.30. The summed E-state index contributed by atoms with van der Waals surface area (Å²) in [6.45, 7) is 0. The van der Waals surface area contributed by atoms with Crippen molar-refractivity contribution in [3.8, 4) is 0 Å². The molecule has 3 heteroatoms. The number of fused-ring (bicyclic) bond motifs is 1. The van der Waals surface area contributed by atoms with E-state index in [1.54, 1.807) is 0 Å². The number of ether oxygens (including phenoxy) is 1. The summed E-state index contributed by atoms with van der Waals surface area (Å²) in [4.78, 5) is 11.1. The minimum absolute atomic E-state index is 0.415. The molecule has 1 N–H and O–H groups in total. The third-order valence-corrected chi connectivity index (χ3v) is 3.30. The number of aliphatic hydroxyl groups is 1. The van der Waals surface area contributed by atoms with E-state index in [0.29, 0.717) is 18.3 Å². The van der Waals surface area contributed by atoms with Crippen LogP contribution in [0.4, 0.5) is 0 Å². The molecule has 0 aromatic carbocycles. The van der Waals surface area contributed by atoms with Gasteiger partial charge >= 0.3 is 5.97 Å². The monoisotopic (exact) mass is 208 g/mol. The van der Waals surface area contributed by atoms with Gasteiger partial charge in [-0.05, 0) is 18.8 Å². The van der Waals surface area contributed by atoms with Crippen LogP contribution in [0, 0.1) is 11.8 Å². The second kappa shape index (κ2) is 4.19. The Morgan fingerprint density at radius 1 is 1.67 bits per heavy atom. The zero-order valence-electron chi connectivity index (χ0n) is 8.85. The van der Waals surface area contributed by atoms with Crippen LogP contribution in [-0.4, -0.2) is 24.3 Å².